The summed E-state index contributed by atoms with van der Waals surface area (Å²) in [6.07, 6.45) is 0.256. The van der Waals surface area contributed by atoms with Gasteiger partial charge in [0.05, 0.1) is 26.7 Å². The normalized spacial score (nSPS) is 15.8. The van der Waals surface area contributed by atoms with Gasteiger partial charge in [0.2, 0.25) is 5.91 Å². The number of methoxy groups -OCH3 is 2. The van der Waals surface area contributed by atoms with Crippen molar-refractivity contribution in [3.8, 4) is 11.5 Å². The van der Waals surface area contributed by atoms with Gasteiger partial charge in [-0.1, -0.05) is 41.4 Å². The van der Waals surface area contributed by atoms with Crippen LogP contribution in [0.5, 0.6) is 11.5 Å². The fourth-order valence-corrected chi connectivity index (χ4v) is 4.08. The summed E-state index contributed by atoms with van der Waals surface area (Å²) in [5.74, 6) is 1.20. The summed E-state index contributed by atoms with van der Waals surface area (Å²) >= 11 is 12.3. The second-order valence-electron chi connectivity index (χ2n) is 6.78. The molecule has 148 valence electrons. The monoisotopic (exact) mass is 427 g/mol. The van der Waals surface area contributed by atoms with Crippen LogP contribution in [0.3, 0.4) is 0 Å². The third-order valence-corrected chi connectivity index (χ3v) is 5.57. The van der Waals surface area contributed by atoms with E-state index in [9.17, 15) is 4.79 Å². The van der Waals surface area contributed by atoms with Crippen LogP contribution < -0.4 is 14.4 Å². The number of ether oxygens (including phenoxy) is 2. The van der Waals surface area contributed by atoms with Gasteiger partial charge in [0.1, 0.15) is 0 Å². The number of hydrogen-bond donors (Lipinski definition) is 0. The van der Waals surface area contributed by atoms with Gasteiger partial charge < -0.3 is 14.4 Å². The molecule has 0 radical (unpaired) electrons. The van der Waals surface area contributed by atoms with Gasteiger partial charge in [-0.3, -0.25) is 4.79 Å². The quantitative estimate of drug-likeness (QED) is 0.536. The number of amides is 1. The molecule has 1 amide bonds. The summed E-state index contributed by atoms with van der Waals surface area (Å²) in [5.41, 5.74) is 3.56. The van der Waals surface area contributed by atoms with Crippen LogP contribution in [0.1, 0.15) is 22.7 Å². The molecular formula is C23H19Cl2NO3. The largest absolute Gasteiger partial charge is 0.493 e. The maximum absolute atomic E-state index is 13.3. The predicted octanol–water partition coefficient (Wildman–Crippen LogP) is 5.69. The molecule has 3 aromatic rings. The Balaban J connectivity index is 1.95. The van der Waals surface area contributed by atoms with Crippen molar-refractivity contribution in [2.24, 2.45) is 0 Å². The summed E-state index contributed by atoms with van der Waals surface area (Å²) in [4.78, 5) is 15.0. The van der Waals surface area contributed by atoms with E-state index in [4.69, 9.17) is 32.7 Å². The third-order valence-electron chi connectivity index (χ3n) is 5.08. The molecule has 0 aromatic heterocycles. The fraction of sp³-hybridized carbons (Fsp3) is 0.174. The molecule has 1 aliphatic heterocycles. The summed E-state index contributed by atoms with van der Waals surface area (Å²) in [6.45, 7) is 0. The number of benzene rings is 3. The van der Waals surface area contributed by atoms with Crippen LogP contribution >= 0.6 is 23.2 Å². The van der Waals surface area contributed by atoms with Crippen molar-refractivity contribution in [3.63, 3.8) is 0 Å². The first-order valence-electron chi connectivity index (χ1n) is 9.09. The Bertz CT molecular complexity index is 1070. The number of halogens is 2. The smallest absolute Gasteiger partial charge is 0.232 e. The van der Waals surface area contributed by atoms with E-state index in [1.165, 1.54) is 0 Å². The highest BCUT2D eigenvalue weighted by Crippen LogP contribution is 2.43. The Morgan fingerprint density at radius 1 is 0.897 bits per heavy atom. The fourth-order valence-electron chi connectivity index (χ4n) is 3.77. The van der Waals surface area contributed by atoms with E-state index in [1.54, 1.807) is 31.3 Å². The van der Waals surface area contributed by atoms with E-state index in [0.717, 1.165) is 22.4 Å². The molecule has 0 spiro atoms. The molecule has 0 aliphatic carbocycles. The van der Waals surface area contributed by atoms with Crippen LogP contribution in [-0.2, 0) is 11.2 Å². The van der Waals surface area contributed by atoms with Gasteiger partial charge in [0, 0.05) is 15.7 Å². The third kappa shape index (κ3) is 3.66. The lowest BCUT2D eigenvalue weighted by Crippen LogP contribution is -2.41. The van der Waals surface area contributed by atoms with Crippen LogP contribution in [-0.4, -0.2) is 20.1 Å². The number of rotatable bonds is 4. The first-order chi connectivity index (χ1) is 14.0. The number of carbonyl (C=O) groups is 1. The van der Waals surface area contributed by atoms with E-state index >= 15 is 0 Å². The molecule has 0 unspecified atom stereocenters. The Morgan fingerprint density at radius 3 is 2.24 bits per heavy atom. The van der Waals surface area contributed by atoms with E-state index in [1.807, 2.05) is 48.5 Å². The van der Waals surface area contributed by atoms with Crippen molar-refractivity contribution in [3.05, 3.63) is 87.4 Å². The van der Waals surface area contributed by atoms with Crippen molar-refractivity contribution in [1.82, 2.24) is 0 Å². The van der Waals surface area contributed by atoms with E-state index in [-0.39, 0.29) is 18.4 Å². The highest BCUT2D eigenvalue weighted by molar-refractivity contribution is 6.31. The maximum atomic E-state index is 13.3. The van der Waals surface area contributed by atoms with Gasteiger partial charge in [0.15, 0.2) is 11.5 Å². The molecule has 1 heterocycles. The van der Waals surface area contributed by atoms with Crippen LogP contribution in [0.25, 0.3) is 0 Å². The topological polar surface area (TPSA) is 38.8 Å². The average Bonchev–Trinajstić information content (AvgIpc) is 2.72. The molecule has 1 aliphatic rings. The zero-order valence-corrected chi connectivity index (χ0v) is 17.5. The lowest BCUT2D eigenvalue weighted by molar-refractivity contribution is -0.118. The summed E-state index contributed by atoms with van der Waals surface area (Å²) in [6, 6.07) is 18.3. The molecule has 4 rings (SSSR count). The van der Waals surface area contributed by atoms with Gasteiger partial charge in [-0.25, -0.2) is 0 Å². The minimum Gasteiger partial charge on any atom is -0.493 e. The number of nitrogens with zero attached hydrogens (tertiary/aromatic N) is 1. The molecule has 0 bridgehead atoms. The molecule has 4 nitrogen and oxygen atoms in total. The number of carbonyl (C=O) groups excluding carboxylic acids is 1. The number of fused-ring (bicyclic) bond motifs is 1. The molecule has 6 heteroatoms. The van der Waals surface area contributed by atoms with Crippen molar-refractivity contribution in [2.75, 3.05) is 19.1 Å². The molecule has 0 saturated carbocycles. The van der Waals surface area contributed by atoms with Gasteiger partial charge in [-0.15, -0.1) is 0 Å². The molecular weight excluding hydrogens is 409 g/mol. The number of anilines is 1. The molecule has 1 atom stereocenters. The number of hydrogen-bond acceptors (Lipinski definition) is 3. The lowest BCUT2D eigenvalue weighted by atomic mass is 9.87. The molecule has 0 N–H and O–H groups in total. The molecule has 0 saturated heterocycles. The van der Waals surface area contributed by atoms with Crippen LogP contribution in [0, 0.1) is 0 Å². The predicted molar refractivity (Wildman–Crippen MR) is 115 cm³/mol. The van der Waals surface area contributed by atoms with Crippen molar-refractivity contribution >= 4 is 34.8 Å². The minimum atomic E-state index is -0.346. The second kappa shape index (κ2) is 7.97. The van der Waals surface area contributed by atoms with Gasteiger partial charge in [-0.05, 0) is 59.2 Å². The average molecular weight is 428 g/mol. The highest BCUT2D eigenvalue weighted by Gasteiger charge is 2.36. The maximum Gasteiger partial charge on any atom is 0.232 e. The molecule has 29 heavy (non-hydrogen) atoms. The Morgan fingerprint density at radius 2 is 1.59 bits per heavy atom. The van der Waals surface area contributed by atoms with Gasteiger partial charge >= 0.3 is 0 Å². The van der Waals surface area contributed by atoms with E-state index in [0.29, 0.717) is 21.5 Å². The molecule has 0 fully saturated rings. The standard InChI is InChI=1S/C23H19Cl2NO3/c1-28-20-10-15-11-22(27)26(18-5-3-4-17(25)12-18)23(19(15)13-21(20)29-2)14-6-8-16(24)9-7-14/h3-10,12-13,23H,11H2,1-2H3/t23-/m0/s1. The summed E-state index contributed by atoms with van der Waals surface area (Å²) < 4.78 is 11.0. The van der Waals surface area contributed by atoms with Crippen LogP contribution in [0.4, 0.5) is 5.69 Å². The van der Waals surface area contributed by atoms with E-state index < -0.39 is 0 Å². The first kappa shape index (κ1) is 19.6. The van der Waals surface area contributed by atoms with Gasteiger partial charge in [0.25, 0.3) is 0 Å². The van der Waals surface area contributed by atoms with Crippen LogP contribution in [0.15, 0.2) is 60.7 Å². The molecule has 3 aromatic carbocycles. The van der Waals surface area contributed by atoms with Crippen LogP contribution in [0.2, 0.25) is 10.0 Å². The zero-order chi connectivity index (χ0) is 20.5. The van der Waals surface area contributed by atoms with Crippen molar-refractivity contribution in [1.29, 1.82) is 0 Å². The zero-order valence-electron chi connectivity index (χ0n) is 16.0. The van der Waals surface area contributed by atoms with Gasteiger partial charge in [-0.2, -0.15) is 0 Å². The SMILES string of the molecule is COc1cc2c(cc1OC)[C@H](c1ccc(Cl)cc1)N(c1cccc(Cl)c1)C(=O)C2. The Labute approximate surface area is 179 Å². The Kier molecular flexibility index (Phi) is 5.39. The summed E-state index contributed by atoms with van der Waals surface area (Å²) in [5, 5.41) is 1.21. The Hall–Kier alpha value is -2.69. The minimum absolute atomic E-state index is 0.0214. The lowest BCUT2D eigenvalue weighted by Gasteiger charge is -2.38. The second-order valence-corrected chi connectivity index (χ2v) is 7.65. The highest BCUT2D eigenvalue weighted by atomic mass is 35.5. The van der Waals surface area contributed by atoms with Crippen molar-refractivity contribution in [2.45, 2.75) is 12.5 Å². The summed E-state index contributed by atoms with van der Waals surface area (Å²) in [7, 11) is 3.19. The first-order valence-corrected chi connectivity index (χ1v) is 9.85. The van der Waals surface area contributed by atoms with Crippen molar-refractivity contribution < 1.29 is 14.3 Å². The van der Waals surface area contributed by atoms with E-state index in [2.05, 4.69) is 0 Å².